The van der Waals surface area contributed by atoms with E-state index in [1.807, 2.05) is 0 Å². The second-order valence-electron chi connectivity index (χ2n) is 4.46. The first-order valence-corrected chi connectivity index (χ1v) is 5.48. The third-order valence-corrected chi connectivity index (χ3v) is 3.65. The van der Waals surface area contributed by atoms with Gasteiger partial charge in [-0.1, -0.05) is 11.6 Å². The largest absolute Gasteiger partial charge is 0.391 e. The van der Waals surface area contributed by atoms with Gasteiger partial charge in [-0.2, -0.15) is 0 Å². The molecule has 3 rings (SSSR count). The molecule has 2 fully saturated rings. The lowest BCUT2D eigenvalue weighted by Gasteiger charge is -2.16. The van der Waals surface area contributed by atoms with E-state index < -0.39 is 0 Å². The molecule has 1 aromatic rings. The third-order valence-electron chi connectivity index (χ3n) is 3.44. The SMILES string of the molecule is O[C@H]1CN(c2cc(Cl)ncn2)CC12CC2. The molecule has 0 aromatic carbocycles. The molecule has 1 aromatic heterocycles. The van der Waals surface area contributed by atoms with Gasteiger partial charge in [-0.3, -0.25) is 0 Å². The summed E-state index contributed by atoms with van der Waals surface area (Å²) in [6, 6.07) is 1.75. The molecule has 1 saturated heterocycles. The molecule has 1 aliphatic heterocycles. The number of β-amino-alcohol motifs (C(OH)–C–C–N with tert-alkyl or cyclic N) is 1. The van der Waals surface area contributed by atoms with E-state index in [4.69, 9.17) is 11.6 Å². The van der Waals surface area contributed by atoms with Crippen molar-refractivity contribution >= 4 is 17.4 Å². The Morgan fingerprint density at radius 2 is 2.27 bits per heavy atom. The minimum Gasteiger partial charge on any atom is -0.391 e. The van der Waals surface area contributed by atoms with Crippen molar-refractivity contribution in [3.63, 3.8) is 0 Å². The summed E-state index contributed by atoms with van der Waals surface area (Å²) >= 11 is 5.81. The normalized spacial score (nSPS) is 27.3. The lowest BCUT2D eigenvalue weighted by molar-refractivity contribution is 0.136. The van der Waals surface area contributed by atoms with Crippen LogP contribution in [0.4, 0.5) is 5.82 Å². The number of aliphatic hydroxyl groups excluding tert-OH is 1. The maximum Gasteiger partial charge on any atom is 0.134 e. The predicted molar refractivity (Wildman–Crippen MR) is 56.9 cm³/mol. The Morgan fingerprint density at radius 3 is 2.87 bits per heavy atom. The summed E-state index contributed by atoms with van der Waals surface area (Å²) in [5, 5.41) is 10.4. The van der Waals surface area contributed by atoms with Gasteiger partial charge in [-0.15, -0.1) is 0 Å². The van der Waals surface area contributed by atoms with Crippen molar-refractivity contribution in [1.29, 1.82) is 0 Å². The van der Waals surface area contributed by atoms with E-state index in [0.29, 0.717) is 11.7 Å². The molecule has 4 nitrogen and oxygen atoms in total. The van der Waals surface area contributed by atoms with Crippen molar-refractivity contribution in [1.82, 2.24) is 9.97 Å². The Hall–Kier alpha value is -0.870. The summed E-state index contributed by atoms with van der Waals surface area (Å²) in [6.07, 6.45) is 3.50. The van der Waals surface area contributed by atoms with Crippen LogP contribution in [0.15, 0.2) is 12.4 Å². The maximum atomic E-state index is 9.90. The standard InChI is InChI=1S/C10H12ClN3O/c11-8-3-9(13-6-12-8)14-4-7(15)10(5-14)1-2-10/h3,6-7,15H,1-2,4-5H2/t7-/m0/s1. The van der Waals surface area contributed by atoms with Gasteiger partial charge >= 0.3 is 0 Å². The highest BCUT2D eigenvalue weighted by atomic mass is 35.5. The molecule has 0 unspecified atom stereocenters. The summed E-state index contributed by atoms with van der Waals surface area (Å²) in [4.78, 5) is 10.1. The Bertz CT molecular complexity index is 394. The zero-order valence-electron chi connectivity index (χ0n) is 8.23. The fraction of sp³-hybridized carbons (Fsp3) is 0.600. The van der Waals surface area contributed by atoms with Crippen LogP contribution in [0.1, 0.15) is 12.8 Å². The van der Waals surface area contributed by atoms with E-state index in [9.17, 15) is 5.11 Å². The van der Waals surface area contributed by atoms with Gasteiger partial charge in [-0.05, 0) is 12.8 Å². The lowest BCUT2D eigenvalue weighted by Crippen LogP contribution is -2.22. The molecule has 1 saturated carbocycles. The highest BCUT2D eigenvalue weighted by Gasteiger charge is 2.54. The first kappa shape index (κ1) is 9.36. The predicted octanol–water partition coefficient (Wildman–Crippen LogP) is 1.09. The van der Waals surface area contributed by atoms with Crippen LogP contribution in [0.5, 0.6) is 0 Å². The molecule has 2 aliphatic rings. The molecular weight excluding hydrogens is 214 g/mol. The van der Waals surface area contributed by atoms with E-state index in [1.54, 1.807) is 6.07 Å². The summed E-state index contributed by atoms with van der Waals surface area (Å²) < 4.78 is 0. The van der Waals surface area contributed by atoms with Gasteiger partial charge in [-0.25, -0.2) is 9.97 Å². The topological polar surface area (TPSA) is 49.2 Å². The number of nitrogens with zero attached hydrogens (tertiary/aromatic N) is 3. The number of aliphatic hydroxyl groups is 1. The van der Waals surface area contributed by atoms with Crippen LogP contribution in [0.25, 0.3) is 0 Å². The van der Waals surface area contributed by atoms with Gasteiger partial charge in [0, 0.05) is 24.6 Å². The fourth-order valence-electron chi connectivity index (χ4n) is 2.28. The first-order valence-electron chi connectivity index (χ1n) is 5.10. The lowest BCUT2D eigenvalue weighted by atomic mass is 10.0. The van der Waals surface area contributed by atoms with Crippen LogP contribution < -0.4 is 4.90 Å². The summed E-state index contributed by atoms with van der Waals surface area (Å²) in [5.74, 6) is 0.817. The van der Waals surface area contributed by atoms with Crippen molar-refractivity contribution in [3.05, 3.63) is 17.5 Å². The molecule has 0 bridgehead atoms. The van der Waals surface area contributed by atoms with E-state index in [-0.39, 0.29) is 11.5 Å². The van der Waals surface area contributed by atoms with Gasteiger partial charge in [0.25, 0.3) is 0 Å². The van der Waals surface area contributed by atoms with Gasteiger partial charge in [0.2, 0.25) is 0 Å². The van der Waals surface area contributed by atoms with Crippen molar-refractivity contribution in [2.45, 2.75) is 18.9 Å². The Balaban J connectivity index is 1.84. The quantitative estimate of drug-likeness (QED) is 0.727. The zero-order chi connectivity index (χ0) is 10.5. The van der Waals surface area contributed by atoms with Gasteiger partial charge in [0.1, 0.15) is 17.3 Å². The maximum absolute atomic E-state index is 9.90. The molecule has 80 valence electrons. The zero-order valence-corrected chi connectivity index (χ0v) is 8.98. The summed E-state index contributed by atoms with van der Waals surface area (Å²) in [6.45, 7) is 1.55. The molecule has 15 heavy (non-hydrogen) atoms. The number of halogens is 1. The molecule has 5 heteroatoms. The smallest absolute Gasteiger partial charge is 0.134 e. The molecule has 1 aliphatic carbocycles. The first-order chi connectivity index (χ1) is 7.20. The number of anilines is 1. The van der Waals surface area contributed by atoms with Crippen molar-refractivity contribution < 1.29 is 5.11 Å². The van der Waals surface area contributed by atoms with Crippen LogP contribution in [-0.2, 0) is 0 Å². The van der Waals surface area contributed by atoms with Crippen LogP contribution >= 0.6 is 11.6 Å². The molecule has 2 heterocycles. The second-order valence-corrected chi connectivity index (χ2v) is 4.84. The summed E-state index contributed by atoms with van der Waals surface area (Å²) in [7, 11) is 0. The molecule has 1 spiro atoms. The average Bonchev–Trinajstić information content (AvgIpc) is 2.90. The molecule has 1 atom stereocenters. The van der Waals surface area contributed by atoms with Crippen LogP contribution in [0, 0.1) is 5.41 Å². The van der Waals surface area contributed by atoms with Crippen molar-refractivity contribution in [3.8, 4) is 0 Å². The van der Waals surface area contributed by atoms with E-state index >= 15 is 0 Å². The Morgan fingerprint density at radius 1 is 1.47 bits per heavy atom. The van der Waals surface area contributed by atoms with Gasteiger partial charge in [0.05, 0.1) is 6.10 Å². The third kappa shape index (κ3) is 1.48. The van der Waals surface area contributed by atoms with Crippen LogP contribution in [-0.4, -0.2) is 34.3 Å². The monoisotopic (exact) mass is 225 g/mol. The number of hydrogen-bond donors (Lipinski definition) is 1. The number of aromatic nitrogens is 2. The van der Waals surface area contributed by atoms with Crippen LogP contribution in [0.2, 0.25) is 5.15 Å². The molecule has 1 N–H and O–H groups in total. The number of rotatable bonds is 1. The highest BCUT2D eigenvalue weighted by Crippen LogP contribution is 2.53. The Labute approximate surface area is 92.9 Å². The summed E-state index contributed by atoms with van der Waals surface area (Å²) in [5.41, 5.74) is 0.150. The van der Waals surface area contributed by atoms with E-state index in [0.717, 1.165) is 25.2 Å². The molecular formula is C10H12ClN3O. The van der Waals surface area contributed by atoms with Crippen molar-refractivity contribution in [2.75, 3.05) is 18.0 Å². The molecule has 0 amide bonds. The average molecular weight is 226 g/mol. The second kappa shape index (κ2) is 3.06. The van der Waals surface area contributed by atoms with Crippen molar-refractivity contribution in [2.24, 2.45) is 5.41 Å². The van der Waals surface area contributed by atoms with Gasteiger partial charge in [0.15, 0.2) is 0 Å². The van der Waals surface area contributed by atoms with Gasteiger partial charge < -0.3 is 10.0 Å². The highest BCUT2D eigenvalue weighted by molar-refractivity contribution is 6.29. The minimum atomic E-state index is -0.216. The Kier molecular flexibility index (Phi) is 1.91. The fourth-order valence-corrected chi connectivity index (χ4v) is 2.42. The number of hydrogen-bond acceptors (Lipinski definition) is 4. The molecule has 0 radical (unpaired) electrons. The van der Waals surface area contributed by atoms with E-state index in [2.05, 4.69) is 14.9 Å². The van der Waals surface area contributed by atoms with Crippen LogP contribution in [0.3, 0.4) is 0 Å². The van der Waals surface area contributed by atoms with E-state index in [1.165, 1.54) is 6.33 Å². The minimum absolute atomic E-state index is 0.150.